The molecule has 0 radical (unpaired) electrons. The minimum Gasteiger partial charge on any atom is -0.338 e. The summed E-state index contributed by atoms with van der Waals surface area (Å²) < 4.78 is 0. The average molecular weight is 310 g/mol. The number of hydrogen-bond donors (Lipinski definition) is 1. The Morgan fingerprint density at radius 2 is 1.81 bits per heavy atom. The molecule has 0 saturated carbocycles. The summed E-state index contributed by atoms with van der Waals surface area (Å²) in [6.07, 6.45) is 0. The first-order valence-corrected chi connectivity index (χ1v) is 8.46. The van der Waals surface area contributed by atoms with Crippen LogP contribution in [-0.4, -0.2) is 9.97 Å². The quantitative estimate of drug-likeness (QED) is 0.510. The Balaban J connectivity index is 1.92. The molecular formula is C17H14N2S2. The Kier molecular flexibility index (Phi) is 2.94. The van der Waals surface area contributed by atoms with E-state index in [4.69, 9.17) is 4.98 Å². The van der Waals surface area contributed by atoms with Crippen LogP contribution in [0.5, 0.6) is 0 Å². The smallest absolute Gasteiger partial charge is 0.140 e. The Hall–Kier alpha value is -1.91. The largest absolute Gasteiger partial charge is 0.338 e. The van der Waals surface area contributed by atoms with Gasteiger partial charge in [-0.2, -0.15) is 0 Å². The lowest BCUT2D eigenvalue weighted by Gasteiger charge is -1.97. The molecule has 4 aromatic rings. The fraction of sp³-hybridized carbons (Fsp3) is 0.118. The summed E-state index contributed by atoms with van der Waals surface area (Å²) in [6.45, 7) is 4.30. The van der Waals surface area contributed by atoms with Crippen LogP contribution in [0.4, 0.5) is 0 Å². The van der Waals surface area contributed by atoms with Crippen LogP contribution in [0.3, 0.4) is 0 Å². The molecule has 0 unspecified atom stereocenters. The molecule has 21 heavy (non-hydrogen) atoms. The van der Waals surface area contributed by atoms with E-state index in [2.05, 4.69) is 43.1 Å². The minimum atomic E-state index is 0.960. The highest BCUT2D eigenvalue weighted by molar-refractivity contribution is 7.22. The number of imidazole rings is 1. The Morgan fingerprint density at radius 3 is 2.57 bits per heavy atom. The van der Waals surface area contributed by atoms with Gasteiger partial charge in [-0.05, 0) is 44.2 Å². The molecule has 0 bridgehead atoms. The van der Waals surface area contributed by atoms with E-state index in [1.807, 2.05) is 40.9 Å². The highest BCUT2D eigenvalue weighted by atomic mass is 32.1. The number of hydrogen-bond acceptors (Lipinski definition) is 3. The molecule has 1 N–H and O–H groups in total. The van der Waals surface area contributed by atoms with Gasteiger partial charge in [-0.3, -0.25) is 0 Å². The normalized spacial score (nSPS) is 11.3. The molecular weight excluding hydrogens is 296 g/mol. The van der Waals surface area contributed by atoms with E-state index in [1.54, 1.807) is 0 Å². The van der Waals surface area contributed by atoms with Crippen LogP contribution in [0.25, 0.3) is 32.2 Å². The van der Waals surface area contributed by atoms with Gasteiger partial charge in [0.2, 0.25) is 0 Å². The summed E-state index contributed by atoms with van der Waals surface area (Å²) >= 11 is 3.67. The van der Waals surface area contributed by atoms with Crippen molar-refractivity contribution in [3.63, 3.8) is 0 Å². The molecule has 0 saturated heterocycles. The minimum absolute atomic E-state index is 0.960. The molecule has 0 aliphatic rings. The van der Waals surface area contributed by atoms with Gasteiger partial charge in [-0.1, -0.05) is 12.1 Å². The van der Waals surface area contributed by atoms with E-state index in [0.29, 0.717) is 0 Å². The zero-order chi connectivity index (χ0) is 14.4. The van der Waals surface area contributed by atoms with Crippen molar-refractivity contribution in [3.05, 3.63) is 52.2 Å². The summed E-state index contributed by atoms with van der Waals surface area (Å²) in [5.74, 6) is 0.960. The summed E-state index contributed by atoms with van der Waals surface area (Å²) in [4.78, 5) is 13.5. The number of aromatic nitrogens is 2. The van der Waals surface area contributed by atoms with Gasteiger partial charge in [0.15, 0.2) is 0 Å². The topological polar surface area (TPSA) is 28.7 Å². The van der Waals surface area contributed by atoms with Crippen LogP contribution in [0, 0.1) is 13.8 Å². The lowest BCUT2D eigenvalue weighted by molar-refractivity contribution is 1.34. The number of nitrogens with zero attached hydrogens (tertiary/aromatic N) is 1. The fourth-order valence-corrected chi connectivity index (χ4v) is 4.51. The molecule has 0 aliphatic heterocycles. The van der Waals surface area contributed by atoms with Crippen molar-refractivity contribution in [3.8, 4) is 21.1 Å². The molecule has 0 spiro atoms. The summed E-state index contributed by atoms with van der Waals surface area (Å²) in [6, 6.07) is 14.8. The van der Waals surface area contributed by atoms with Crippen molar-refractivity contribution in [2.75, 3.05) is 0 Å². The molecule has 0 fully saturated rings. The zero-order valence-electron chi connectivity index (χ0n) is 11.8. The second-order valence-electron chi connectivity index (χ2n) is 5.11. The van der Waals surface area contributed by atoms with E-state index < -0.39 is 0 Å². The number of fused-ring (bicyclic) bond motifs is 1. The number of para-hydroxylation sites is 2. The lowest BCUT2D eigenvalue weighted by Crippen LogP contribution is -1.79. The van der Waals surface area contributed by atoms with Crippen LogP contribution >= 0.6 is 22.7 Å². The van der Waals surface area contributed by atoms with Gasteiger partial charge in [-0.25, -0.2) is 4.98 Å². The maximum Gasteiger partial charge on any atom is 0.140 e. The van der Waals surface area contributed by atoms with Crippen molar-refractivity contribution in [1.29, 1.82) is 0 Å². The summed E-state index contributed by atoms with van der Waals surface area (Å²) in [7, 11) is 0. The molecule has 4 rings (SSSR count). The molecule has 0 atom stereocenters. The van der Waals surface area contributed by atoms with Gasteiger partial charge in [0.25, 0.3) is 0 Å². The predicted octanol–water partition coefficient (Wildman–Crippen LogP) is 5.64. The van der Waals surface area contributed by atoms with E-state index in [-0.39, 0.29) is 0 Å². The molecule has 0 amide bonds. The van der Waals surface area contributed by atoms with E-state index in [1.165, 1.54) is 25.1 Å². The summed E-state index contributed by atoms with van der Waals surface area (Å²) in [5, 5.41) is 0. The fourth-order valence-electron chi connectivity index (χ4n) is 2.51. The molecule has 4 heteroatoms. The first-order chi connectivity index (χ1) is 10.2. The molecule has 2 nitrogen and oxygen atoms in total. The van der Waals surface area contributed by atoms with Gasteiger partial charge < -0.3 is 4.98 Å². The number of H-pyrrole nitrogens is 1. The van der Waals surface area contributed by atoms with Crippen LogP contribution in [0.1, 0.15) is 9.75 Å². The molecule has 0 aliphatic carbocycles. The van der Waals surface area contributed by atoms with Crippen molar-refractivity contribution in [1.82, 2.24) is 9.97 Å². The highest BCUT2D eigenvalue weighted by Crippen LogP contribution is 2.41. The third-order valence-electron chi connectivity index (χ3n) is 3.46. The second-order valence-corrected chi connectivity index (χ2v) is 7.66. The second kappa shape index (κ2) is 4.83. The number of aromatic amines is 1. The van der Waals surface area contributed by atoms with Gasteiger partial charge in [-0.15, -0.1) is 22.7 Å². The van der Waals surface area contributed by atoms with E-state index in [9.17, 15) is 0 Å². The first-order valence-electron chi connectivity index (χ1n) is 6.83. The van der Waals surface area contributed by atoms with Crippen molar-refractivity contribution >= 4 is 33.7 Å². The Bertz CT molecular complexity index is 894. The monoisotopic (exact) mass is 310 g/mol. The zero-order valence-corrected chi connectivity index (χ0v) is 13.4. The molecule has 104 valence electrons. The van der Waals surface area contributed by atoms with E-state index >= 15 is 0 Å². The van der Waals surface area contributed by atoms with Gasteiger partial charge in [0.05, 0.1) is 15.9 Å². The van der Waals surface area contributed by atoms with Crippen LogP contribution in [0.15, 0.2) is 42.5 Å². The first kappa shape index (κ1) is 12.8. The third-order valence-corrected chi connectivity index (χ3v) is 5.70. The van der Waals surface area contributed by atoms with E-state index in [0.717, 1.165) is 16.9 Å². The predicted molar refractivity (Wildman–Crippen MR) is 92.2 cm³/mol. The maximum atomic E-state index is 4.75. The summed E-state index contributed by atoms with van der Waals surface area (Å²) in [5.41, 5.74) is 3.31. The number of nitrogens with one attached hydrogen (secondary N) is 1. The van der Waals surface area contributed by atoms with Crippen molar-refractivity contribution in [2.45, 2.75) is 13.8 Å². The number of aryl methyl sites for hydroxylation is 2. The number of rotatable bonds is 2. The molecule has 1 aromatic carbocycles. The lowest BCUT2D eigenvalue weighted by atomic mass is 10.2. The van der Waals surface area contributed by atoms with Crippen molar-refractivity contribution in [2.24, 2.45) is 0 Å². The van der Waals surface area contributed by atoms with Gasteiger partial charge in [0.1, 0.15) is 5.82 Å². The Morgan fingerprint density at radius 1 is 0.952 bits per heavy atom. The molecule has 3 aromatic heterocycles. The molecule has 3 heterocycles. The van der Waals surface area contributed by atoms with Gasteiger partial charge >= 0.3 is 0 Å². The number of benzene rings is 1. The van der Waals surface area contributed by atoms with Crippen molar-refractivity contribution < 1.29 is 0 Å². The SMILES string of the molecule is Cc1ccc(-c2sc(C)cc2-c2nc3ccccc3[nH]2)s1. The third kappa shape index (κ3) is 2.20. The number of thiophene rings is 2. The Labute approximate surface area is 131 Å². The highest BCUT2D eigenvalue weighted by Gasteiger charge is 2.15. The van der Waals surface area contributed by atoms with Gasteiger partial charge in [0, 0.05) is 20.2 Å². The average Bonchev–Trinajstić information content (AvgIpc) is 3.15. The van der Waals surface area contributed by atoms with Crippen LogP contribution in [0.2, 0.25) is 0 Å². The maximum absolute atomic E-state index is 4.75. The van der Waals surface area contributed by atoms with Crippen LogP contribution in [-0.2, 0) is 0 Å². The van der Waals surface area contributed by atoms with Crippen LogP contribution < -0.4 is 0 Å². The standard InChI is InChI=1S/C17H14N2S2/c1-10-7-8-15(20-10)16-12(9-11(2)21-16)17-18-13-5-3-4-6-14(13)19-17/h3-9H,1-2H3,(H,18,19).